The fraction of sp³-hybridized carbons (Fsp3) is 0.200. The Morgan fingerprint density at radius 3 is 1.17 bits per heavy atom. The molecule has 0 saturated heterocycles. The van der Waals surface area contributed by atoms with Crippen LogP contribution in [0.5, 0.6) is 0 Å². The van der Waals surface area contributed by atoms with E-state index in [0.29, 0.717) is 0 Å². The molecule has 0 spiro atoms. The van der Waals surface area contributed by atoms with Crippen molar-refractivity contribution in [2.75, 3.05) is 0 Å². The Morgan fingerprint density at radius 1 is 0.375 bits per heavy atom. The third-order valence-corrected chi connectivity index (χ3v) is 9.41. The first-order valence-electron chi connectivity index (χ1n) is 16.4. The first-order valence-corrected chi connectivity index (χ1v) is 16.4. The molecule has 48 heavy (non-hydrogen) atoms. The zero-order valence-electron chi connectivity index (χ0n) is 27.9. The quantitative estimate of drug-likeness (QED) is 0.129. The Bertz CT molecular complexity index is 2860. The molecule has 4 aromatic heterocycles. The lowest BCUT2D eigenvalue weighted by Crippen LogP contribution is -2.22. The lowest BCUT2D eigenvalue weighted by atomic mass is 9.73. The number of nitrogens with one attached hydrogen (secondary N) is 4. The molecule has 0 aliphatic carbocycles. The summed E-state index contributed by atoms with van der Waals surface area (Å²) in [5.74, 6) is 2.97. The molecule has 9 rings (SSSR count). The summed E-state index contributed by atoms with van der Waals surface area (Å²) in [5, 5.41) is 8.04. The molecule has 5 heterocycles. The van der Waals surface area contributed by atoms with Gasteiger partial charge >= 0.3 is 0 Å². The Balaban J connectivity index is 1.52. The molecular weight excluding hydrogens is 592 g/mol. The SMILES string of the molecule is CC(C)(C)c1ccc2c3[nH]c(c2c1C(C)(C)C)N=c1[nH]c(c2ccccc12)=Nc1[nH]c(c2ccccc12)N=c1[nH]c(c2ccccc12)=N3. The fourth-order valence-electron chi connectivity index (χ4n) is 7.27. The number of fused-ring (bicyclic) bond motifs is 20. The maximum absolute atomic E-state index is 5.38. The van der Waals surface area contributed by atoms with E-state index in [1.165, 1.54) is 11.1 Å². The normalized spacial score (nSPS) is 13.5. The van der Waals surface area contributed by atoms with Gasteiger partial charge in [0.05, 0.1) is 0 Å². The van der Waals surface area contributed by atoms with Crippen molar-refractivity contribution in [1.82, 2.24) is 19.9 Å². The molecule has 0 fully saturated rings. The largest absolute Gasteiger partial charge is 0.324 e. The average Bonchev–Trinajstić information content (AvgIpc) is 3.79. The highest BCUT2D eigenvalue weighted by atomic mass is 15.1. The number of benzene rings is 4. The molecule has 8 nitrogen and oxygen atoms in total. The van der Waals surface area contributed by atoms with Crippen molar-refractivity contribution in [2.45, 2.75) is 52.4 Å². The van der Waals surface area contributed by atoms with Gasteiger partial charge in [0.25, 0.3) is 0 Å². The van der Waals surface area contributed by atoms with E-state index in [4.69, 9.17) is 20.0 Å². The standard InChI is InChI=1S/C40H36N8/c1-39(2,3)28-20-19-27-29(30(28)40(4,5)6)38-47-36-26-18-12-11-17-25(26)34(45-36)43-32-22-14-8-7-13-21(22)31(41-32)42-33-23-15-9-10-16-24(23)35(44-33)46-37(27)48-38/h7-20H,1-6H3,(H4,41,42,43,44,45,46,47,48). The van der Waals surface area contributed by atoms with Crippen LogP contribution in [0.3, 0.4) is 0 Å². The average molecular weight is 629 g/mol. The van der Waals surface area contributed by atoms with Crippen LogP contribution in [0.25, 0.3) is 43.1 Å². The van der Waals surface area contributed by atoms with Gasteiger partial charge in [0.1, 0.15) is 45.2 Å². The summed E-state index contributed by atoms with van der Waals surface area (Å²) in [4.78, 5) is 35.4. The highest BCUT2D eigenvalue weighted by Crippen LogP contribution is 2.45. The molecule has 0 atom stereocenters. The van der Waals surface area contributed by atoms with Gasteiger partial charge in [-0.1, -0.05) is 126 Å². The minimum atomic E-state index is -0.166. The van der Waals surface area contributed by atoms with Crippen LogP contribution in [0.15, 0.2) is 105 Å². The zero-order valence-corrected chi connectivity index (χ0v) is 27.9. The highest BCUT2D eigenvalue weighted by molar-refractivity contribution is 6.03. The van der Waals surface area contributed by atoms with E-state index in [1.807, 2.05) is 36.4 Å². The van der Waals surface area contributed by atoms with E-state index in [0.717, 1.165) is 88.3 Å². The van der Waals surface area contributed by atoms with Gasteiger partial charge in [0.2, 0.25) is 0 Å². The van der Waals surface area contributed by atoms with Crippen LogP contribution >= 0.6 is 0 Å². The molecule has 1 aliphatic rings. The van der Waals surface area contributed by atoms with Gasteiger partial charge in [-0.05, 0) is 22.0 Å². The number of aromatic nitrogens is 4. The van der Waals surface area contributed by atoms with Gasteiger partial charge in [-0.15, -0.1) is 0 Å². The molecule has 8 aromatic rings. The van der Waals surface area contributed by atoms with Crippen LogP contribution in [0.4, 0.5) is 23.3 Å². The maximum Gasteiger partial charge on any atom is 0.142 e. The second kappa shape index (κ2) is 9.87. The van der Waals surface area contributed by atoms with Crippen molar-refractivity contribution in [3.63, 3.8) is 0 Å². The van der Waals surface area contributed by atoms with Crippen molar-refractivity contribution in [2.24, 2.45) is 20.0 Å². The molecule has 0 amide bonds. The van der Waals surface area contributed by atoms with Crippen LogP contribution in [-0.4, -0.2) is 19.9 Å². The van der Waals surface area contributed by atoms with Crippen LogP contribution in [0.2, 0.25) is 0 Å². The number of hydrogen-bond donors (Lipinski definition) is 4. The highest BCUT2D eigenvalue weighted by Gasteiger charge is 2.30. The minimum Gasteiger partial charge on any atom is -0.324 e. The molecule has 8 bridgehead atoms. The molecule has 0 radical (unpaired) electrons. The summed E-state index contributed by atoms with van der Waals surface area (Å²) in [6.07, 6.45) is 0. The van der Waals surface area contributed by atoms with E-state index in [-0.39, 0.29) is 10.8 Å². The number of hydrogen-bond acceptors (Lipinski definition) is 4. The Morgan fingerprint density at radius 2 is 0.750 bits per heavy atom. The van der Waals surface area contributed by atoms with Crippen molar-refractivity contribution in [1.29, 1.82) is 0 Å². The lowest BCUT2D eigenvalue weighted by Gasteiger charge is -2.31. The van der Waals surface area contributed by atoms with Crippen LogP contribution in [0, 0.1) is 0 Å². The van der Waals surface area contributed by atoms with Gasteiger partial charge in [0.15, 0.2) is 0 Å². The summed E-state index contributed by atoms with van der Waals surface area (Å²) in [5.41, 5.74) is 5.25. The van der Waals surface area contributed by atoms with E-state index in [1.54, 1.807) is 0 Å². The van der Waals surface area contributed by atoms with Crippen molar-refractivity contribution in [3.05, 3.63) is 118 Å². The van der Waals surface area contributed by atoms with E-state index < -0.39 is 0 Å². The van der Waals surface area contributed by atoms with E-state index in [9.17, 15) is 0 Å². The number of rotatable bonds is 0. The Kier molecular flexibility index (Phi) is 5.85. The zero-order chi connectivity index (χ0) is 32.9. The van der Waals surface area contributed by atoms with Gasteiger partial charge in [-0.3, -0.25) is 0 Å². The Hall–Kier alpha value is -5.76. The monoisotopic (exact) mass is 628 g/mol. The third kappa shape index (κ3) is 4.29. The summed E-state index contributed by atoms with van der Waals surface area (Å²) < 4.78 is 0. The van der Waals surface area contributed by atoms with E-state index >= 15 is 0 Å². The molecule has 0 unspecified atom stereocenters. The van der Waals surface area contributed by atoms with Crippen LogP contribution in [0.1, 0.15) is 52.7 Å². The fourth-order valence-corrected chi connectivity index (χ4v) is 7.27. The predicted molar refractivity (Wildman–Crippen MR) is 194 cm³/mol. The molecular formula is C40H36N8. The summed E-state index contributed by atoms with van der Waals surface area (Å²) >= 11 is 0. The third-order valence-electron chi connectivity index (χ3n) is 9.41. The summed E-state index contributed by atoms with van der Waals surface area (Å²) in [7, 11) is 0. The molecule has 8 heteroatoms. The number of aromatic amines is 4. The molecule has 236 valence electrons. The topological polar surface area (TPSA) is 113 Å². The lowest BCUT2D eigenvalue weighted by molar-refractivity contribution is 0.535. The van der Waals surface area contributed by atoms with Crippen LogP contribution in [-0.2, 0) is 10.8 Å². The molecule has 0 saturated carbocycles. The van der Waals surface area contributed by atoms with Crippen molar-refractivity contribution >= 4 is 66.4 Å². The smallest absolute Gasteiger partial charge is 0.142 e. The first-order chi connectivity index (χ1) is 23.0. The summed E-state index contributed by atoms with van der Waals surface area (Å²) in [6.45, 7) is 13.7. The number of nitrogens with zero attached hydrogens (tertiary/aromatic N) is 4. The van der Waals surface area contributed by atoms with Gasteiger partial charge in [-0.25, -0.2) is 20.0 Å². The predicted octanol–water partition coefficient (Wildman–Crippen LogP) is 8.33. The van der Waals surface area contributed by atoms with Crippen LogP contribution < -0.4 is 22.0 Å². The number of H-pyrrole nitrogens is 4. The van der Waals surface area contributed by atoms with Gasteiger partial charge in [-0.2, -0.15) is 0 Å². The second-order valence-electron chi connectivity index (χ2n) is 14.8. The van der Waals surface area contributed by atoms with Crippen molar-refractivity contribution in [3.8, 4) is 0 Å². The Labute approximate surface area is 276 Å². The van der Waals surface area contributed by atoms with Crippen molar-refractivity contribution < 1.29 is 0 Å². The molecule has 1 aliphatic heterocycles. The second-order valence-corrected chi connectivity index (χ2v) is 14.8. The van der Waals surface area contributed by atoms with E-state index in [2.05, 4.69) is 110 Å². The molecule has 4 N–H and O–H groups in total. The minimum absolute atomic E-state index is 0.0767. The first kappa shape index (κ1) is 28.5. The van der Waals surface area contributed by atoms with Gasteiger partial charge < -0.3 is 19.9 Å². The maximum atomic E-state index is 5.38. The summed E-state index contributed by atoms with van der Waals surface area (Å²) in [6, 6.07) is 29.2. The van der Waals surface area contributed by atoms with Gasteiger partial charge in [0, 0.05) is 43.1 Å². The molecule has 4 aromatic carbocycles.